The van der Waals surface area contributed by atoms with E-state index in [0.717, 1.165) is 4.88 Å². The Morgan fingerprint density at radius 2 is 1.97 bits per heavy atom. The van der Waals surface area contributed by atoms with E-state index in [4.69, 9.17) is 0 Å². The molecule has 32 heavy (non-hydrogen) atoms. The number of halogens is 1. The van der Waals surface area contributed by atoms with Crippen molar-refractivity contribution in [1.82, 2.24) is 10.2 Å². The third kappa shape index (κ3) is 3.67. The fourth-order valence-electron chi connectivity index (χ4n) is 4.38. The molecule has 0 radical (unpaired) electrons. The zero-order chi connectivity index (χ0) is 22.2. The summed E-state index contributed by atoms with van der Waals surface area (Å²) in [6, 6.07) is 13.8. The minimum absolute atomic E-state index is 0.178. The van der Waals surface area contributed by atoms with Crippen molar-refractivity contribution in [2.75, 3.05) is 11.9 Å². The Balaban J connectivity index is 1.40. The van der Waals surface area contributed by atoms with E-state index < -0.39 is 12.1 Å². The zero-order valence-corrected chi connectivity index (χ0v) is 17.8. The summed E-state index contributed by atoms with van der Waals surface area (Å²) in [4.78, 5) is 41.3. The molecule has 1 aromatic heterocycles. The van der Waals surface area contributed by atoms with Crippen LogP contribution < -0.4 is 10.6 Å². The number of rotatable bonds is 4. The molecular formula is C24H20FN3O3S. The number of amides is 3. The van der Waals surface area contributed by atoms with E-state index in [-0.39, 0.29) is 30.0 Å². The molecular weight excluding hydrogens is 429 g/mol. The molecule has 2 unspecified atom stereocenters. The predicted molar refractivity (Wildman–Crippen MR) is 120 cm³/mol. The first-order valence-corrected chi connectivity index (χ1v) is 11.2. The van der Waals surface area contributed by atoms with Gasteiger partial charge in [0.1, 0.15) is 11.9 Å². The van der Waals surface area contributed by atoms with Crippen LogP contribution in [0.3, 0.4) is 0 Å². The van der Waals surface area contributed by atoms with E-state index >= 15 is 0 Å². The largest absolute Gasteiger partial charge is 0.350 e. The van der Waals surface area contributed by atoms with Gasteiger partial charge in [0.15, 0.2) is 0 Å². The molecule has 5 rings (SSSR count). The highest BCUT2D eigenvalue weighted by molar-refractivity contribution is 7.10. The Morgan fingerprint density at radius 3 is 2.75 bits per heavy atom. The van der Waals surface area contributed by atoms with Gasteiger partial charge < -0.3 is 15.5 Å². The lowest BCUT2D eigenvalue weighted by Gasteiger charge is -2.25. The lowest BCUT2D eigenvalue weighted by molar-refractivity contribution is -0.123. The van der Waals surface area contributed by atoms with Crippen LogP contribution in [0.2, 0.25) is 0 Å². The molecule has 3 heterocycles. The minimum atomic E-state index is -0.793. The molecule has 2 aliphatic rings. The van der Waals surface area contributed by atoms with E-state index in [2.05, 4.69) is 10.6 Å². The first-order valence-electron chi connectivity index (χ1n) is 10.3. The number of nitrogens with zero attached hydrogens (tertiary/aromatic N) is 1. The fraction of sp³-hybridized carbons (Fsp3) is 0.208. The Bertz CT molecular complexity index is 1210. The number of thiophene rings is 1. The number of fused-ring (bicyclic) bond motifs is 2. The number of carbonyl (C=O) groups is 3. The Morgan fingerprint density at radius 1 is 1.12 bits per heavy atom. The normalized spacial score (nSPS) is 19.7. The van der Waals surface area contributed by atoms with Crippen molar-refractivity contribution in [3.05, 3.63) is 76.2 Å². The van der Waals surface area contributed by atoms with Crippen molar-refractivity contribution in [2.45, 2.75) is 24.9 Å². The number of nitrogens with one attached hydrogen (secondary N) is 2. The van der Waals surface area contributed by atoms with Crippen LogP contribution in [0.5, 0.6) is 0 Å². The van der Waals surface area contributed by atoms with Gasteiger partial charge in [-0.2, -0.15) is 0 Å². The smallest absolute Gasteiger partial charge is 0.256 e. The molecule has 2 atom stereocenters. The summed E-state index contributed by atoms with van der Waals surface area (Å²) in [5.74, 6) is -1.21. The second-order valence-corrected chi connectivity index (χ2v) is 8.92. The van der Waals surface area contributed by atoms with Gasteiger partial charge in [0.2, 0.25) is 11.8 Å². The lowest BCUT2D eigenvalue weighted by Crippen LogP contribution is -2.51. The number of anilines is 1. The summed E-state index contributed by atoms with van der Waals surface area (Å²) in [5, 5.41) is 7.66. The molecule has 1 saturated heterocycles. The highest BCUT2D eigenvalue weighted by Crippen LogP contribution is 2.33. The van der Waals surface area contributed by atoms with Crippen molar-refractivity contribution in [3.63, 3.8) is 0 Å². The standard InChI is InChI=1S/C24H20FN3O3S/c25-18-6-2-1-5-16(18)14-7-8-19-17(12-14)24(31)28-10-9-20(22(28)23(30)27-19)26-21(29)13-15-4-3-11-32-15/h1-8,11-12,20,22H,9-10,13H2,(H,26,29)(H,27,30). The van der Waals surface area contributed by atoms with Gasteiger partial charge in [-0.3, -0.25) is 14.4 Å². The topological polar surface area (TPSA) is 78.5 Å². The molecule has 0 saturated carbocycles. The van der Waals surface area contributed by atoms with Crippen molar-refractivity contribution in [1.29, 1.82) is 0 Å². The minimum Gasteiger partial charge on any atom is -0.350 e. The first kappa shape index (κ1) is 20.4. The van der Waals surface area contributed by atoms with Gasteiger partial charge in [0.05, 0.1) is 23.7 Å². The fourth-order valence-corrected chi connectivity index (χ4v) is 5.08. The van der Waals surface area contributed by atoms with Crippen molar-refractivity contribution in [3.8, 4) is 11.1 Å². The lowest BCUT2D eigenvalue weighted by atomic mass is 10.0. The van der Waals surface area contributed by atoms with Crippen LogP contribution in [0.4, 0.5) is 10.1 Å². The van der Waals surface area contributed by atoms with E-state index in [9.17, 15) is 18.8 Å². The van der Waals surface area contributed by atoms with Gasteiger partial charge in [-0.25, -0.2) is 4.39 Å². The third-order valence-corrected chi connectivity index (χ3v) is 6.76. The van der Waals surface area contributed by atoms with Crippen LogP contribution in [0.15, 0.2) is 60.0 Å². The van der Waals surface area contributed by atoms with E-state index in [1.807, 2.05) is 17.5 Å². The molecule has 162 valence electrons. The Labute approximate surface area is 188 Å². The van der Waals surface area contributed by atoms with Gasteiger partial charge >= 0.3 is 0 Å². The summed E-state index contributed by atoms with van der Waals surface area (Å²) < 4.78 is 14.3. The second kappa shape index (κ2) is 8.20. The molecule has 2 aromatic carbocycles. The van der Waals surface area contributed by atoms with E-state index in [1.165, 1.54) is 22.3 Å². The molecule has 2 N–H and O–H groups in total. The van der Waals surface area contributed by atoms with Crippen LogP contribution in [0.1, 0.15) is 21.7 Å². The average Bonchev–Trinajstić information content (AvgIpc) is 3.42. The Kier molecular flexibility index (Phi) is 5.22. The Hall–Kier alpha value is -3.52. The maximum Gasteiger partial charge on any atom is 0.256 e. The molecule has 1 fully saturated rings. The number of hydrogen-bond donors (Lipinski definition) is 2. The van der Waals surface area contributed by atoms with E-state index in [1.54, 1.807) is 36.4 Å². The van der Waals surface area contributed by atoms with Crippen LogP contribution in [-0.2, 0) is 16.0 Å². The summed E-state index contributed by atoms with van der Waals surface area (Å²) >= 11 is 1.50. The van der Waals surface area contributed by atoms with Crippen LogP contribution in [0.25, 0.3) is 11.1 Å². The third-order valence-electron chi connectivity index (χ3n) is 5.88. The molecule has 0 aliphatic carbocycles. The number of hydrogen-bond acceptors (Lipinski definition) is 4. The van der Waals surface area contributed by atoms with Gasteiger partial charge in [-0.1, -0.05) is 30.3 Å². The van der Waals surface area contributed by atoms with Crippen molar-refractivity contribution >= 4 is 34.7 Å². The van der Waals surface area contributed by atoms with Gasteiger partial charge in [-0.05, 0) is 41.6 Å². The van der Waals surface area contributed by atoms with Crippen molar-refractivity contribution < 1.29 is 18.8 Å². The monoisotopic (exact) mass is 449 g/mol. The predicted octanol–water partition coefficient (Wildman–Crippen LogP) is 3.45. The summed E-state index contributed by atoms with van der Waals surface area (Å²) in [7, 11) is 0. The molecule has 6 nitrogen and oxygen atoms in total. The SMILES string of the molecule is O=C(Cc1cccs1)NC1CCN2C(=O)c3cc(-c4ccccc4F)ccc3NC(=O)C12. The van der Waals surface area contributed by atoms with Crippen LogP contribution in [0, 0.1) is 5.82 Å². The maximum absolute atomic E-state index is 14.3. The quantitative estimate of drug-likeness (QED) is 0.641. The molecule has 3 aromatic rings. The van der Waals surface area contributed by atoms with Gasteiger partial charge in [0, 0.05) is 17.0 Å². The second-order valence-electron chi connectivity index (χ2n) is 7.89. The molecule has 0 bridgehead atoms. The van der Waals surface area contributed by atoms with Gasteiger partial charge in [0.25, 0.3) is 5.91 Å². The zero-order valence-electron chi connectivity index (χ0n) is 17.0. The summed E-state index contributed by atoms with van der Waals surface area (Å²) in [6.07, 6.45) is 0.727. The molecule has 0 spiro atoms. The number of benzene rings is 2. The highest BCUT2D eigenvalue weighted by atomic mass is 32.1. The molecule has 2 aliphatic heterocycles. The van der Waals surface area contributed by atoms with Crippen molar-refractivity contribution in [2.24, 2.45) is 0 Å². The van der Waals surface area contributed by atoms with E-state index in [0.29, 0.717) is 35.3 Å². The molecule has 3 amide bonds. The van der Waals surface area contributed by atoms with Crippen LogP contribution in [-0.4, -0.2) is 41.2 Å². The van der Waals surface area contributed by atoms with Crippen LogP contribution >= 0.6 is 11.3 Å². The van der Waals surface area contributed by atoms with Gasteiger partial charge in [-0.15, -0.1) is 11.3 Å². The first-order chi connectivity index (χ1) is 15.5. The molecule has 8 heteroatoms. The highest BCUT2D eigenvalue weighted by Gasteiger charge is 2.45. The summed E-state index contributed by atoms with van der Waals surface area (Å²) in [6.45, 7) is 0.351. The maximum atomic E-state index is 14.3. The number of carbonyl (C=O) groups excluding carboxylic acids is 3. The average molecular weight is 450 g/mol. The summed E-state index contributed by atoms with van der Waals surface area (Å²) in [5.41, 5.74) is 1.64.